The Morgan fingerprint density at radius 3 is 2.79 bits per heavy atom. The van der Waals surface area contributed by atoms with E-state index in [-0.39, 0.29) is 17.1 Å². The van der Waals surface area contributed by atoms with Crippen LogP contribution < -0.4 is 4.74 Å². The summed E-state index contributed by atoms with van der Waals surface area (Å²) in [7, 11) is 0. The lowest BCUT2D eigenvalue weighted by Gasteiger charge is -2.05. The van der Waals surface area contributed by atoms with E-state index in [1.54, 1.807) is 0 Å². The Labute approximate surface area is 79.6 Å². The van der Waals surface area contributed by atoms with E-state index < -0.39 is 12.6 Å². The maximum atomic E-state index is 10.5. The van der Waals surface area contributed by atoms with Gasteiger partial charge in [0.25, 0.3) is 0 Å². The molecule has 0 heterocycles. The molecule has 0 spiro atoms. The number of aliphatic carboxylic acids is 1. The third-order valence-electron chi connectivity index (χ3n) is 1.47. The molecular weight excluding hydrogens is 188 g/mol. The number of hydrogen-bond donors (Lipinski definition) is 2. The minimum Gasteiger partial charge on any atom is -0.508 e. The predicted molar refractivity (Wildman–Crippen MR) is 46.6 cm³/mol. The molecule has 0 unspecified atom stereocenters. The number of rotatable bonds is 4. The summed E-state index contributed by atoms with van der Waals surface area (Å²) < 4.78 is 4.80. The van der Waals surface area contributed by atoms with Crippen LogP contribution in [0.1, 0.15) is 10.4 Å². The van der Waals surface area contributed by atoms with Crippen molar-refractivity contribution in [2.45, 2.75) is 0 Å². The van der Waals surface area contributed by atoms with Crippen LogP contribution >= 0.6 is 0 Å². The molecule has 1 aromatic carbocycles. The summed E-state index contributed by atoms with van der Waals surface area (Å²) in [6, 6.07) is 3.84. The number of phenolic OH excluding ortho intramolecular Hbond substituents is 1. The van der Waals surface area contributed by atoms with Crippen molar-refractivity contribution in [2.75, 3.05) is 6.61 Å². The molecule has 1 rings (SSSR count). The van der Waals surface area contributed by atoms with Crippen LogP contribution in [0.4, 0.5) is 0 Å². The normalized spacial score (nSPS) is 9.43. The molecule has 74 valence electrons. The van der Waals surface area contributed by atoms with Crippen LogP contribution in [0.25, 0.3) is 0 Å². The van der Waals surface area contributed by atoms with Crippen molar-refractivity contribution in [2.24, 2.45) is 0 Å². The van der Waals surface area contributed by atoms with Crippen molar-refractivity contribution in [3.05, 3.63) is 23.8 Å². The highest BCUT2D eigenvalue weighted by atomic mass is 16.5. The Balaban J connectivity index is 2.85. The number of carboxylic acid groups (broad SMARTS) is 1. The van der Waals surface area contributed by atoms with Crippen LogP contribution in [-0.4, -0.2) is 29.1 Å². The molecule has 2 N–H and O–H groups in total. The van der Waals surface area contributed by atoms with Crippen molar-refractivity contribution < 1.29 is 24.5 Å². The summed E-state index contributed by atoms with van der Waals surface area (Å²) in [5, 5.41) is 17.3. The van der Waals surface area contributed by atoms with E-state index in [1.165, 1.54) is 18.2 Å². The van der Waals surface area contributed by atoms with Crippen molar-refractivity contribution in [3.63, 3.8) is 0 Å². The summed E-state index contributed by atoms with van der Waals surface area (Å²) in [5.41, 5.74) is 0.117. The number of aldehydes is 1. The first-order chi connectivity index (χ1) is 6.63. The third-order valence-corrected chi connectivity index (χ3v) is 1.47. The summed E-state index contributed by atoms with van der Waals surface area (Å²) in [6.45, 7) is -0.522. The number of phenols is 1. The Kier molecular flexibility index (Phi) is 3.06. The first-order valence-corrected chi connectivity index (χ1v) is 3.76. The van der Waals surface area contributed by atoms with Gasteiger partial charge in [0.1, 0.15) is 11.5 Å². The minimum absolute atomic E-state index is 0.0743. The van der Waals surface area contributed by atoms with Crippen LogP contribution in [0.15, 0.2) is 18.2 Å². The lowest BCUT2D eigenvalue weighted by Crippen LogP contribution is -2.10. The van der Waals surface area contributed by atoms with Gasteiger partial charge in [0, 0.05) is 0 Å². The van der Waals surface area contributed by atoms with Crippen LogP contribution in [-0.2, 0) is 4.79 Å². The molecule has 5 nitrogen and oxygen atoms in total. The Morgan fingerprint density at radius 2 is 2.21 bits per heavy atom. The molecule has 0 fully saturated rings. The Hall–Kier alpha value is -2.04. The summed E-state index contributed by atoms with van der Waals surface area (Å²) in [6.07, 6.45) is 0.483. The van der Waals surface area contributed by atoms with E-state index in [0.717, 1.165) is 0 Å². The predicted octanol–water partition coefficient (Wildman–Crippen LogP) is 0.668. The van der Waals surface area contributed by atoms with Gasteiger partial charge in [-0.25, -0.2) is 4.79 Å². The van der Waals surface area contributed by atoms with Gasteiger partial charge in [-0.3, -0.25) is 4.79 Å². The molecule has 14 heavy (non-hydrogen) atoms. The van der Waals surface area contributed by atoms with Crippen LogP contribution in [0, 0.1) is 0 Å². The zero-order chi connectivity index (χ0) is 10.6. The molecular formula is C9H8O5. The van der Waals surface area contributed by atoms with E-state index >= 15 is 0 Å². The summed E-state index contributed by atoms with van der Waals surface area (Å²) >= 11 is 0. The molecule has 0 radical (unpaired) electrons. The lowest BCUT2D eigenvalue weighted by atomic mass is 10.2. The second-order valence-electron chi connectivity index (χ2n) is 2.52. The van der Waals surface area contributed by atoms with E-state index in [0.29, 0.717) is 6.29 Å². The Morgan fingerprint density at radius 1 is 1.50 bits per heavy atom. The van der Waals surface area contributed by atoms with E-state index in [4.69, 9.17) is 14.9 Å². The largest absolute Gasteiger partial charge is 0.508 e. The van der Waals surface area contributed by atoms with E-state index in [1.807, 2.05) is 0 Å². The highest BCUT2D eigenvalue weighted by Gasteiger charge is 2.05. The van der Waals surface area contributed by atoms with Gasteiger partial charge in [0.05, 0.1) is 5.56 Å². The number of carbonyl (C=O) groups is 2. The quantitative estimate of drug-likeness (QED) is 0.691. The van der Waals surface area contributed by atoms with Crippen molar-refractivity contribution in [1.82, 2.24) is 0 Å². The number of carboxylic acids is 1. The molecule has 0 saturated carbocycles. The zero-order valence-electron chi connectivity index (χ0n) is 7.14. The average molecular weight is 196 g/mol. The minimum atomic E-state index is -1.13. The number of carbonyl (C=O) groups excluding carboxylic acids is 1. The first-order valence-electron chi connectivity index (χ1n) is 3.76. The first kappa shape index (κ1) is 10.0. The van der Waals surface area contributed by atoms with Gasteiger partial charge in [-0.1, -0.05) is 0 Å². The zero-order valence-corrected chi connectivity index (χ0v) is 7.14. The second kappa shape index (κ2) is 4.27. The molecule has 1 aromatic rings. The summed E-state index contributed by atoms with van der Waals surface area (Å²) in [5.74, 6) is -1.06. The van der Waals surface area contributed by atoms with Crippen LogP contribution in [0.2, 0.25) is 0 Å². The van der Waals surface area contributed by atoms with Gasteiger partial charge >= 0.3 is 5.97 Å². The standard InChI is InChI=1S/C9H8O5/c10-4-6-3-7(11)1-2-8(6)14-5-9(12)13/h1-4,11H,5H2,(H,12,13). The molecule has 0 atom stereocenters. The third kappa shape index (κ3) is 2.48. The molecule has 0 bridgehead atoms. The maximum absolute atomic E-state index is 10.5. The average Bonchev–Trinajstić information content (AvgIpc) is 2.15. The second-order valence-corrected chi connectivity index (χ2v) is 2.52. The van der Waals surface area contributed by atoms with E-state index in [9.17, 15) is 9.59 Å². The topological polar surface area (TPSA) is 83.8 Å². The number of ether oxygens (including phenoxy) is 1. The van der Waals surface area contributed by atoms with Gasteiger partial charge in [-0.2, -0.15) is 0 Å². The van der Waals surface area contributed by atoms with Crippen molar-refractivity contribution >= 4 is 12.3 Å². The van der Waals surface area contributed by atoms with Gasteiger partial charge in [0.2, 0.25) is 0 Å². The number of aromatic hydroxyl groups is 1. The highest BCUT2D eigenvalue weighted by molar-refractivity contribution is 5.80. The summed E-state index contributed by atoms with van der Waals surface area (Å²) in [4.78, 5) is 20.7. The van der Waals surface area contributed by atoms with E-state index in [2.05, 4.69) is 0 Å². The molecule has 5 heteroatoms. The lowest BCUT2D eigenvalue weighted by molar-refractivity contribution is -0.139. The van der Waals surface area contributed by atoms with Gasteiger partial charge < -0.3 is 14.9 Å². The number of benzene rings is 1. The fourth-order valence-electron chi connectivity index (χ4n) is 0.899. The highest BCUT2D eigenvalue weighted by Crippen LogP contribution is 2.21. The van der Waals surface area contributed by atoms with Crippen molar-refractivity contribution in [1.29, 1.82) is 0 Å². The SMILES string of the molecule is O=Cc1cc(O)ccc1OCC(=O)O. The smallest absolute Gasteiger partial charge is 0.341 e. The van der Waals surface area contributed by atoms with Gasteiger partial charge in [-0.15, -0.1) is 0 Å². The number of hydrogen-bond acceptors (Lipinski definition) is 4. The molecule has 0 saturated heterocycles. The van der Waals surface area contributed by atoms with Crippen molar-refractivity contribution in [3.8, 4) is 11.5 Å². The van der Waals surface area contributed by atoms with Crippen LogP contribution in [0.3, 0.4) is 0 Å². The molecule has 0 aromatic heterocycles. The van der Waals surface area contributed by atoms with Gasteiger partial charge in [-0.05, 0) is 18.2 Å². The Bertz CT molecular complexity index is 358. The monoisotopic (exact) mass is 196 g/mol. The maximum Gasteiger partial charge on any atom is 0.341 e. The molecule has 0 aliphatic carbocycles. The fourth-order valence-corrected chi connectivity index (χ4v) is 0.899. The van der Waals surface area contributed by atoms with Gasteiger partial charge in [0.15, 0.2) is 12.9 Å². The molecule has 0 amide bonds. The molecule has 0 aliphatic heterocycles. The fraction of sp³-hybridized carbons (Fsp3) is 0.111. The van der Waals surface area contributed by atoms with Crippen LogP contribution in [0.5, 0.6) is 11.5 Å². The molecule has 0 aliphatic rings.